The molecule has 48 valence electrons. The fourth-order valence-corrected chi connectivity index (χ4v) is 0.841. The van der Waals surface area contributed by atoms with Crippen LogP contribution in [0.5, 0.6) is 0 Å². The molecule has 3 nitrogen and oxygen atoms in total. The lowest BCUT2D eigenvalue weighted by atomic mass is 10.6. The van der Waals surface area contributed by atoms with E-state index >= 15 is 0 Å². The fraction of sp³-hybridized carbons (Fsp3) is 0. The zero-order valence-corrected chi connectivity index (χ0v) is 5.22. The summed E-state index contributed by atoms with van der Waals surface area (Å²) in [5, 5.41) is 11.4. The Morgan fingerprint density at radius 3 is 2.89 bits per heavy atom. The second-order valence-corrected chi connectivity index (χ2v) is 2.09. The molecule has 1 N–H and O–H groups in total. The van der Waals surface area contributed by atoms with Gasteiger partial charge in [0.1, 0.15) is 0 Å². The standard InChI is InChI=1S/C5H4O3S/c6-5(7)4-3-9-2-1-8-4/h1-3H,(H,6,7). The van der Waals surface area contributed by atoms with Crippen molar-refractivity contribution < 1.29 is 14.6 Å². The van der Waals surface area contributed by atoms with Gasteiger partial charge in [-0.2, -0.15) is 0 Å². The van der Waals surface area contributed by atoms with Gasteiger partial charge in [0.25, 0.3) is 0 Å². The first-order valence-corrected chi connectivity index (χ1v) is 3.15. The van der Waals surface area contributed by atoms with Gasteiger partial charge in [-0.15, -0.1) is 0 Å². The lowest BCUT2D eigenvalue weighted by Gasteiger charge is -2.02. The minimum Gasteiger partial charge on any atom is -0.475 e. The maximum absolute atomic E-state index is 10.1. The van der Waals surface area contributed by atoms with E-state index in [0.717, 1.165) is 0 Å². The van der Waals surface area contributed by atoms with E-state index in [4.69, 9.17) is 5.11 Å². The van der Waals surface area contributed by atoms with Crippen molar-refractivity contribution in [2.24, 2.45) is 0 Å². The van der Waals surface area contributed by atoms with Crippen LogP contribution >= 0.6 is 11.8 Å². The molecule has 0 unspecified atom stereocenters. The predicted octanol–water partition coefficient (Wildman–Crippen LogP) is 1.15. The third-order valence-corrected chi connectivity index (χ3v) is 1.33. The number of carboxylic acid groups (broad SMARTS) is 1. The highest BCUT2D eigenvalue weighted by atomic mass is 32.2. The van der Waals surface area contributed by atoms with Crippen LogP contribution in [-0.2, 0) is 9.53 Å². The zero-order chi connectivity index (χ0) is 6.69. The number of aliphatic carboxylic acids is 1. The second-order valence-electron chi connectivity index (χ2n) is 1.31. The van der Waals surface area contributed by atoms with Crippen LogP contribution in [0.1, 0.15) is 0 Å². The zero-order valence-electron chi connectivity index (χ0n) is 4.40. The lowest BCUT2D eigenvalue weighted by Crippen LogP contribution is -2.01. The average molecular weight is 144 g/mol. The fourth-order valence-electron chi connectivity index (χ4n) is 0.363. The van der Waals surface area contributed by atoms with E-state index < -0.39 is 5.97 Å². The first-order chi connectivity index (χ1) is 4.30. The first-order valence-electron chi connectivity index (χ1n) is 2.21. The van der Waals surface area contributed by atoms with Gasteiger partial charge in [0.05, 0.1) is 6.26 Å². The molecule has 1 heterocycles. The molecule has 4 heteroatoms. The molecule has 0 aliphatic carbocycles. The summed E-state index contributed by atoms with van der Waals surface area (Å²) < 4.78 is 4.60. The Morgan fingerprint density at radius 1 is 1.78 bits per heavy atom. The van der Waals surface area contributed by atoms with E-state index in [0.29, 0.717) is 0 Å². The summed E-state index contributed by atoms with van der Waals surface area (Å²) in [7, 11) is 0. The molecular weight excluding hydrogens is 140 g/mol. The minimum atomic E-state index is -1.04. The van der Waals surface area contributed by atoms with E-state index in [1.165, 1.54) is 23.4 Å². The third kappa shape index (κ3) is 1.50. The molecule has 1 aliphatic heterocycles. The molecule has 0 spiro atoms. The molecule has 0 amide bonds. The van der Waals surface area contributed by atoms with Crippen molar-refractivity contribution in [1.29, 1.82) is 0 Å². The number of ether oxygens (including phenoxy) is 1. The van der Waals surface area contributed by atoms with Gasteiger partial charge in [0.2, 0.25) is 5.76 Å². The van der Waals surface area contributed by atoms with E-state index in [9.17, 15) is 4.79 Å². The van der Waals surface area contributed by atoms with Crippen molar-refractivity contribution in [2.75, 3.05) is 0 Å². The Bertz CT molecular complexity index is 183. The molecule has 0 saturated carbocycles. The SMILES string of the molecule is O=C(O)C1=CSC=CO1. The van der Waals surface area contributed by atoms with Crippen LogP contribution in [0.25, 0.3) is 0 Å². The third-order valence-electron chi connectivity index (χ3n) is 0.715. The molecule has 0 saturated heterocycles. The number of thioether (sulfide) groups is 1. The van der Waals surface area contributed by atoms with Gasteiger partial charge in [0, 0.05) is 10.8 Å². The predicted molar refractivity (Wildman–Crippen MR) is 33.5 cm³/mol. The van der Waals surface area contributed by atoms with Crippen LogP contribution in [0, 0.1) is 0 Å². The van der Waals surface area contributed by atoms with E-state index in [2.05, 4.69) is 4.74 Å². The van der Waals surface area contributed by atoms with Crippen LogP contribution in [0.3, 0.4) is 0 Å². The van der Waals surface area contributed by atoms with Gasteiger partial charge in [0.15, 0.2) is 0 Å². The minimum absolute atomic E-state index is 0.0255. The monoisotopic (exact) mass is 144 g/mol. The Kier molecular flexibility index (Phi) is 1.79. The van der Waals surface area contributed by atoms with Crippen LogP contribution in [0.2, 0.25) is 0 Å². The molecule has 0 atom stereocenters. The smallest absolute Gasteiger partial charge is 0.372 e. The lowest BCUT2D eigenvalue weighted by molar-refractivity contribution is -0.135. The van der Waals surface area contributed by atoms with Crippen LogP contribution in [0.4, 0.5) is 0 Å². The molecular formula is C5H4O3S. The Labute approximate surface area is 56.0 Å². The number of hydrogen-bond donors (Lipinski definition) is 1. The normalized spacial score (nSPS) is 16.2. The molecule has 0 aromatic rings. The Morgan fingerprint density at radius 2 is 2.56 bits per heavy atom. The van der Waals surface area contributed by atoms with Crippen LogP contribution in [0.15, 0.2) is 22.8 Å². The summed E-state index contributed by atoms with van der Waals surface area (Å²) in [6.45, 7) is 0. The molecule has 1 rings (SSSR count). The number of carboxylic acids is 1. The summed E-state index contributed by atoms with van der Waals surface area (Å²) in [6.07, 6.45) is 1.34. The highest BCUT2D eigenvalue weighted by Crippen LogP contribution is 2.15. The molecule has 0 aromatic carbocycles. The Hall–Kier alpha value is -0.900. The molecule has 1 aliphatic rings. The average Bonchev–Trinajstić information content (AvgIpc) is 1.90. The van der Waals surface area contributed by atoms with Crippen LogP contribution in [-0.4, -0.2) is 11.1 Å². The highest BCUT2D eigenvalue weighted by molar-refractivity contribution is 8.05. The van der Waals surface area contributed by atoms with Crippen molar-refractivity contribution in [2.45, 2.75) is 0 Å². The van der Waals surface area contributed by atoms with E-state index in [1.54, 1.807) is 5.41 Å². The van der Waals surface area contributed by atoms with Crippen molar-refractivity contribution in [3.63, 3.8) is 0 Å². The topological polar surface area (TPSA) is 46.5 Å². The maximum atomic E-state index is 10.1. The van der Waals surface area contributed by atoms with Gasteiger partial charge in [-0.3, -0.25) is 0 Å². The number of carbonyl (C=O) groups is 1. The van der Waals surface area contributed by atoms with Gasteiger partial charge in [-0.1, -0.05) is 11.8 Å². The second kappa shape index (κ2) is 2.59. The van der Waals surface area contributed by atoms with Crippen LogP contribution < -0.4 is 0 Å². The highest BCUT2D eigenvalue weighted by Gasteiger charge is 2.08. The molecule has 9 heavy (non-hydrogen) atoms. The van der Waals surface area contributed by atoms with Crippen molar-refractivity contribution >= 4 is 17.7 Å². The molecule has 0 radical (unpaired) electrons. The quantitative estimate of drug-likeness (QED) is 0.599. The van der Waals surface area contributed by atoms with Crippen molar-refractivity contribution in [1.82, 2.24) is 0 Å². The van der Waals surface area contributed by atoms with Gasteiger partial charge < -0.3 is 9.84 Å². The summed E-state index contributed by atoms with van der Waals surface area (Å²) in [5.41, 5.74) is 0. The maximum Gasteiger partial charge on any atom is 0.372 e. The van der Waals surface area contributed by atoms with Gasteiger partial charge in [-0.05, 0) is 0 Å². The molecule has 0 bridgehead atoms. The molecule has 0 aromatic heterocycles. The molecule has 0 fully saturated rings. The first kappa shape index (κ1) is 6.22. The largest absolute Gasteiger partial charge is 0.475 e. The van der Waals surface area contributed by atoms with E-state index in [1.807, 2.05) is 0 Å². The summed E-state index contributed by atoms with van der Waals surface area (Å²) >= 11 is 1.28. The Balaban J connectivity index is 2.61. The van der Waals surface area contributed by atoms with E-state index in [-0.39, 0.29) is 5.76 Å². The van der Waals surface area contributed by atoms with Crippen molar-refractivity contribution in [3.05, 3.63) is 22.8 Å². The van der Waals surface area contributed by atoms with Crippen molar-refractivity contribution in [3.8, 4) is 0 Å². The van der Waals surface area contributed by atoms with Gasteiger partial charge >= 0.3 is 5.97 Å². The summed E-state index contributed by atoms with van der Waals surface area (Å²) in [5.74, 6) is -1.06. The summed E-state index contributed by atoms with van der Waals surface area (Å²) in [6, 6.07) is 0. The number of hydrogen-bond acceptors (Lipinski definition) is 3. The number of rotatable bonds is 1. The summed E-state index contributed by atoms with van der Waals surface area (Å²) in [4.78, 5) is 10.1. The van der Waals surface area contributed by atoms with Gasteiger partial charge in [-0.25, -0.2) is 4.79 Å².